The molecule has 2 N–H and O–H groups in total. The standard InChI is InChI=1S/C23H22FNO2/c1-15(2)25-23(27)19-13-17(20-10-6-7-11-21(20)24)12-18(14-19)22(26)16-8-4-3-5-9-16/h3-15,22,26H,1-2H3,(H,25,27). The molecule has 0 radical (unpaired) electrons. The number of carbonyl (C=O) groups excluding carboxylic acids is 1. The monoisotopic (exact) mass is 363 g/mol. The number of aliphatic hydroxyl groups excluding tert-OH is 1. The van der Waals surface area contributed by atoms with Crippen molar-refractivity contribution >= 4 is 5.91 Å². The van der Waals surface area contributed by atoms with Gasteiger partial charge in [0.25, 0.3) is 5.91 Å². The fourth-order valence-corrected chi connectivity index (χ4v) is 2.96. The van der Waals surface area contributed by atoms with Crippen molar-refractivity contribution in [3.05, 3.63) is 95.3 Å². The van der Waals surface area contributed by atoms with E-state index in [0.717, 1.165) is 0 Å². The van der Waals surface area contributed by atoms with Crippen molar-refractivity contribution in [2.75, 3.05) is 0 Å². The van der Waals surface area contributed by atoms with Crippen LogP contribution in [-0.2, 0) is 0 Å². The number of amides is 1. The number of benzene rings is 3. The lowest BCUT2D eigenvalue weighted by atomic mass is 9.94. The van der Waals surface area contributed by atoms with Gasteiger partial charge in [0.05, 0.1) is 0 Å². The normalized spacial score (nSPS) is 12.0. The molecule has 1 atom stereocenters. The van der Waals surface area contributed by atoms with Gasteiger partial charge in [-0.15, -0.1) is 0 Å². The Bertz CT molecular complexity index is 938. The first-order valence-corrected chi connectivity index (χ1v) is 8.89. The lowest BCUT2D eigenvalue weighted by Gasteiger charge is -2.16. The first kappa shape index (κ1) is 18.8. The van der Waals surface area contributed by atoms with Gasteiger partial charge in [-0.3, -0.25) is 4.79 Å². The Morgan fingerprint density at radius 2 is 1.59 bits per heavy atom. The Balaban J connectivity index is 2.11. The third kappa shape index (κ3) is 4.41. The molecule has 0 aliphatic carbocycles. The number of hydrogen-bond acceptors (Lipinski definition) is 2. The summed E-state index contributed by atoms with van der Waals surface area (Å²) in [6.45, 7) is 3.75. The van der Waals surface area contributed by atoms with E-state index < -0.39 is 6.10 Å². The molecule has 1 unspecified atom stereocenters. The predicted molar refractivity (Wildman–Crippen MR) is 105 cm³/mol. The summed E-state index contributed by atoms with van der Waals surface area (Å²) >= 11 is 0. The molecule has 0 bridgehead atoms. The number of hydrogen-bond donors (Lipinski definition) is 2. The van der Waals surface area contributed by atoms with Gasteiger partial charge in [0.2, 0.25) is 0 Å². The van der Waals surface area contributed by atoms with Crippen molar-refractivity contribution in [2.24, 2.45) is 0 Å². The zero-order valence-electron chi connectivity index (χ0n) is 15.3. The molecular formula is C23H22FNO2. The van der Waals surface area contributed by atoms with Crippen molar-refractivity contribution in [2.45, 2.75) is 26.0 Å². The van der Waals surface area contributed by atoms with Crippen LogP contribution in [-0.4, -0.2) is 17.1 Å². The van der Waals surface area contributed by atoms with E-state index in [9.17, 15) is 14.3 Å². The van der Waals surface area contributed by atoms with Gasteiger partial charge < -0.3 is 10.4 Å². The summed E-state index contributed by atoms with van der Waals surface area (Å²) in [5.74, 6) is -0.635. The quantitative estimate of drug-likeness (QED) is 0.689. The Morgan fingerprint density at radius 3 is 2.26 bits per heavy atom. The minimum absolute atomic E-state index is 0.0304. The zero-order chi connectivity index (χ0) is 19.4. The maximum absolute atomic E-state index is 14.3. The van der Waals surface area contributed by atoms with Crippen LogP contribution < -0.4 is 5.32 Å². The average Bonchev–Trinajstić information content (AvgIpc) is 2.67. The summed E-state index contributed by atoms with van der Waals surface area (Å²) < 4.78 is 14.3. The molecule has 0 heterocycles. The van der Waals surface area contributed by atoms with Gasteiger partial charge in [0, 0.05) is 17.2 Å². The fraction of sp³-hybridized carbons (Fsp3) is 0.174. The number of rotatable bonds is 5. The molecule has 0 saturated heterocycles. The smallest absolute Gasteiger partial charge is 0.251 e. The first-order valence-electron chi connectivity index (χ1n) is 8.89. The molecule has 0 aromatic heterocycles. The van der Waals surface area contributed by atoms with Crippen LogP contribution >= 0.6 is 0 Å². The molecule has 27 heavy (non-hydrogen) atoms. The maximum Gasteiger partial charge on any atom is 0.251 e. The maximum atomic E-state index is 14.3. The number of aliphatic hydroxyl groups is 1. The first-order chi connectivity index (χ1) is 13.0. The number of halogens is 1. The average molecular weight is 363 g/mol. The van der Waals surface area contributed by atoms with Crippen LogP contribution in [0.1, 0.15) is 41.4 Å². The number of carbonyl (C=O) groups is 1. The van der Waals surface area contributed by atoms with Gasteiger partial charge in [0.1, 0.15) is 11.9 Å². The van der Waals surface area contributed by atoms with Gasteiger partial charge in [-0.25, -0.2) is 4.39 Å². The highest BCUT2D eigenvalue weighted by atomic mass is 19.1. The van der Waals surface area contributed by atoms with Crippen LogP contribution in [0.3, 0.4) is 0 Å². The molecule has 3 nitrogen and oxygen atoms in total. The molecule has 0 aliphatic heterocycles. The Kier molecular flexibility index (Phi) is 5.67. The van der Waals surface area contributed by atoms with Crippen molar-refractivity contribution in [3.8, 4) is 11.1 Å². The summed E-state index contributed by atoms with van der Waals surface area (Å²) in [7, 11) is 0. The molecule has 0 saturated carbocycles. The highest BCUT2D eigenvalue weighted by Gasteiger charge is 2.17. The fourth-order valence-electron chi connectivity index (χ4n) is 2.96. The van der Waals surface area contributed by atoms with Gasteiger partial charge >= 0.3 is 0 Å². The van der Waals surface area contributed by atoms with Crippen molar-refractivity contribution in [1.82, 2.24) is 5.32 Å². The lowest BCUT2D eigenvalue weighted by molar-refractivity contribution is 0.0943. The van der Waals surface area contributed by atoms with Gasteiger partial charge in [-0.2, -0.15) is 0 Å². The zero-order valence-corrected chi connectivity index (χ0v) is 15.3. The summed E-state index contributed by atoms with van der Waals surface area (Å²) in [5, 5.41) is 13.6. The molecule has 0 fully saturated rings. The molecule has 4 heteroatoms. The van der Waals surface area contributed by atoms with Crippen LogP contribution in [0, 0.1) is 5.82 Å². The van der Waals surface area contributed by atoms with Crippen LogP contribution in [0.2, 0.25) is 0 Å². The second kappa shape index (κ2) is 8.14. The minimum Gasteiger partial charge on any atom is -0.384 e. The van der Waals surface area contributed by atoms with Gasteiger partial charge in [-0.1, -0.05) is 48.5 Å². The highest BCUT2D eigenvalue weighted by Crippen LogP contribution is 2.30. The second-order valence-electron chi connectivity index (χ2n) is 6.76. The SMILES string of the molecule is CC(C)NC(=O)c1cc(-c2ccccc2F)cc(C(O)c2ccccc2)c1. The van der Waals surface area contributed by atoms with Crippen LogP contribution in [0.4, 0.5) is 4.39 Å². The second-order valence-corrected chi connectivity index (χ2v) is 6.76. The lowest BCUT2D eigenvalue weighted by Crippen LogP contribution is -2.30. The van der Waals surface area contributed by atoms with Crippen LogP contribution in [0.5, 0.6) is 0 Å². The van der Waals surface area contributed by atoms with E-state index in [4.69, 9.17) is 0 Å². The Hall–Kier alpha value is -2.98. The molecule has 3 aromatic rings. The van der Waals surface area contributed by atoms with Crippen LogP contribution in [0.15, 0.2) is 72.8 Å². The summed E-state index contributed by atoms with van der Waals surface area (Å²) in [4.78, 5) is 12.5. The van der Waals surface area contributed by atoms with E-state index in [1.165, 1.54) is 6.07 Å². The third-order valence-electron chi connectivity index (χ3n) is 4.25. The molecule has 0 spiro atoms. The molecular weight excluding hydrogens is 341 g/mol. The van der Waals surface area contributed by atoms with E-state index in [-0.39, 0.29) is 17.8 Å². The third-order valence-corrected chi connectivity index (χ3v) is 4.25. The van der Waals surface area contributed by atoms with Crippen LogP contribution in [0.25, 0.3) is 11.1 Å². The van der Waals surface area contributed by atoms with E-state index >= 15 is 0 Å². The van der Waals surface area contributed by atoms with E-state index in [1.54, 1.807) is 36.4 Å². The Morgan fingerprint density at radius 1 is 0.926 bits per heavy atom. The molecule has 138 valence electrons. The van der Waals surface area contributed by atoms with Crippen molar-refractivity contribution in [3.63, 3.8) is 0 Å². The van der Waals surface area contributed by atoms with E-state index in [2.05, 4.69) is 5.32 Å². The van der Waals surface area contributed by atoms with E-state index in [0.29, 0.717) is 27.8 Å². The molecule has 3 aromatic carbocycles. The minimum atomic E-state index is -0.913. The highest BCUT2D eigenvalue weighted by molar-refractivity contribution is 5.96. The Labute approximate surface area is 158 Å². The topological polar surface area (TPSA) is 49.3 Å². The summed E-state index contributed by atoms with van der Waals surface area (Å²) in [5.41, 5.74) is 2.57. The van der Waals surface area contributed by atoms with Gasteiger partial charge in [0.15, 0.2) is 0 Å². The number of nitrogens with one attached hydrogen (secondary N) is 1. The largest absolute Gasteiger partial charge is 0.384 e. The van der Waals surface area contributed by atoms with E-state index in [1.807, 2.05) is 44.2 Å². The van der Waals surface area contributed by atoms with Gasteiger partial charge in [-0.05, 0) is 54.8 Å². The predicted octanol–water partition coefficient (Wildman–Crippen LogP) is 4.71. The van der Waals surface area contributed by atoms with Crippen molar-refractivity contribution in [1.29, 1.82) is 0 Å². The summed E-state index contributed by atoms with van der Waals surface area (Å²) in [6, 6.07) is 20.6. The van der Waals surface area contributed by atoms with Crippen molar-refractivity contribution < 1.29 is 14.3 Å². The molecule has 0 aliphatic rings. The summed E-state index contributed by atoms with van der Waals surface area (Å²) in [6.07, 6.45) is -0.913. The molecule has 3 rings (SSSR count). The molecule has 1 amide bonds.